The Kier molecular flexibility index (Phi) is 9.43. The second-order valence-electron chi connectivity index (χ2n) is 13.2. The molecule has 3 amide bonds. The highest BCUT2D eigenvalue weighted by atomic mass is 35.5. The molecule has 2 aromatic rings. The summed E-state index contributed by atoms with van der Waals surface area (Å²) in [4.78, 5) is 48.9. The number of rotatable bonds is 7. The number of nitrogens with zero attached hydrogens (tertiary/aromatic N) is 5. The van der Waals surface area contributed by atoms with Crippen LogP contribution in [0.1, 0.15) is 43.2 Å². The number of carbonyl (C=O) groups is 3. The number of hydrogen-bond acceptors (Lipinski definition) is 6. The van der Waals surface area contributed by atoms with Gasteiger partial charge in [0.15, 0.2) is 5.66 Å². The molecule has 3 atom stereocenters. The number of likely N-dealkylation sites (N-methyl/N-ethyl adjacent to an activating group) is 1. The second-order valence-corrected chi connectivity index (χ2v) is 14.0. The first kappa shape index (κ1) is 32.2. The first-order valence-corrected chi connectivity index (χ1v) is 16.7. The van der Waals surface area contributed by atoms with Crippen molar-refractivity contribution in [2.75, 3.05) is 58.2 Å². The quantitative estimate of drug-likeness (QED) is 0.312. The molecule has 0 spiro atoms. The third-order valence-corrected chi connectivity index (χ3v) is 11.6. The highest BCUT2D eigenvalue weighted by molar-refractivity contribution is 6.42. The van der Waals surface area contributed by atoms with Crippen molar-refractivity contribution in [1.82, 2.24) is 19.6 Å². The number of quaternary nitrogens is 1. The lowest BCUT2D eigenvalue weighted by molar-refractivity contribution is -0.942. The first-order valence-electron chi connectivity index (χ1n) is 16.0. The largest absolute Gasteiger partial charge is 0.515 e. The molecule has 0 saturated carbocycles. The maximum atomic E-state index is 13.7. The molecule has 2 unspecified atom stereocenters. The minimum atomic E-state index is -1.06. The summed E-state index contributed by atoms with van der Waals surface area (Å²) in [5, 5.41) is 15.0. The molecule has 2 N–H and O–H groups in total. The van der Waals surface area contributed by atoms with E-state index < -0.39 is 11.8 Å². The number of piperidine rings is 2. The molecular formula is C33H43Cl2N6O4+. The fourth-order valence-electron chi connectivity index (χ4n) is 8.29. The van der Waals surface area contributed by atoms with Gasteiger partial charge in [-0.3, -0.25) is 9.80 Å². The number of aldehydes is 1. The van der Waals surface area contributed by atoms with Crippen molar-refractivity contribution in [2.45, 2.75) is 62.9 Å². The van der Waals surface area contributed by atoms with E-state index >= 15 is 0 Å². The lowest BCUT2D eigenvalue weighted by atomic mass is 9.81. The molecule has 3 saturated heterocycles. The van der Waals surface area contributed by atoms with Gasteiger partial charge >= 0.3 is 12.1 Å². The van der Waals surface area contributed by atoms with Crippen molar-refractivity contribution in [3.05, 3.63) is 63.6 Å². The van der Waals surface area contributed by atoms with Crippen LogP contribution in [0, 0.1) is 0 Å². The molecule has 4 aliphatic heterocycles. The van der Waals surface area contributed by atoms with Crippen LogP contribution >= 0.6 is 23.2 Å². The van der Waals surface area contributed by atoms with E-state index in [1.807, 2.05) is 35.2 Å². The standard InChI is InChI=1S/C33H42Cl2N6O4/c1-37-14-16-38(17-15-37)26-8-12-39(13-9-26)33(11-19-42)21-27(40-22-25-4-2-3-5-30(25)36-31(40)43)10-18-41(33,32(44)45)23-24-6-7-28(34)29(35)20-24/h2-7,19-20,26-27H,8-18,21-23H2,1H3,(H-,36,43,44,45)/p+1/t27?,33?,41-/m0/s1. The van der Waals surface area contributed by atoms with E-state index in [2.05, 4.69) is 27.1 Å². The number of para-hydroxylation sites is 1. The molecule has 4 heterocycles. The Morgan fingerprint density at radius 3 is 2.44 bits per heavy atom. The summed E-state index contributed by atoms with van der Waals surface area (Å²) in [6.45, 7) is 6.36. The average molecular weight is 659 g/mol. The Balaban J connectivity index is 1.36. The summed E-state index contributed by atoms with van der Waals surface area (Å²) >= 11 is 12.6. The number of carbonyl (C=O) groups excluding carboxylic acids is 2. The van der Waals surface area contributed by atoms with Gasteiger partial charge in [-0.15, -0.1) is 0 Å². The Morgan fingerprint density at radius 1 is 1.02 bits per heavy atom. The minimum absolute atomic E-state index is 0.0440. The highest BCUT2D eigenvalue weighted by Gasteiger charge is 2.64. The van der Waals surface area contributed by atoms with Crippen LogP contribution in [0.5, 0.6) is 0 Å². The molecule has 0 aromatic heterocycles. The van der Waals surface area contributed by atoms with Crippen LogP contribution in [0.2, 0.25) is 10.0 Å². The SMILES string of the molecule is CN1CCN(C2CCN(C3(CC=O)CC(N4Cc5ccccc5NC4=O)CC[N@+]3(Cc3ccc(Cl)c(Cl)c3)C(=O)O)CC2)CC1. The van der Waals surface area contributed by atoms with E-state index in [1.165, 1.54) is 0 Å². The fourth-order valence-corrected chi connectivity index (χ4v) is 8.61. The van der Waals surface area contributed by atoms with Crippen LogP contribution in [0.3, 0.4) is 0 Å². The maximum absolute atomic E-state index is 13.7. The number of hydrogen-bond donors (Lipinski definition) is 2. The summed E-state index contributed by atoms with van der Waals surface area (Å²) < 4.78 is -0.328. The zero-order valence-electron chi connectivity index (χ0n) is 25.8. The van der Waals surface area contributed by atoms with Crippen molar-refractivity contribution >= 4 is 47.3 Å². The van der Waals surface area contributed by atoms with E-state index in [0.717, 1.165) is 62.1 Å². The van der Waals surface area contributed by atoms with Gasteiger partial charge in [0.2, 0.25) is 0 Å². The van der Waals surface area contributed by atoms with Gasteiger partial charge in [0.05, 0.1) is 23.0 Å². The number of benzene rings is 2. The fraction of sp³-hybridized carbons (Fsp3) is 0.545. The maximum Gasteiger partial charge on any atom is 0.515 e. The normalized spacial score (nSPS) is 28.8. The van der Waals surface area contributed by atoms with Crippen molar-refractivity contribution in [2.24, 2.45) is 0 Å². The van der Waals surface area contributed by atoms with Gasteiger partial charge in [-0.2, -0.15) is 4.79 Å². The lowest BCUT2D eigenvalue weighted by Gasteiger charge is -2.59. The van der Waals surface area contributed by atoms with Crippen LogP contribution < -0.4 is 5.32 Å². The van der Waals surface area contributed by atoms with Gasteiger partial charge in [0.1, 0.15) is 12.8 Å². The van der Waals surface area contributed by atoms with Gasteiger partial charge in [-0.25, -0.2) is 9.28 Å². The minimum Gasteiger partial charge on any atom is -0.435 e. The second kappa shape index (κ2) is 13.2. The predicted molar refractivity (Wildman–Crippen MR) is 174 cm³/mol. The third kappa shape index (κ3) is 6.08. The Bertz CT molecular complexity index is 1430. The summed E-state index contributed by atoms with van der Waals surface area (Å²) in [6.07, 6.45) is 2.61. The van der Waals surface area contributed by atoms with E-state index in [9.17, 15) is 19.5 Å². The van der Waals surface area contributed by atoms with Crippen molar-refractivity contribution in [3.8, 4) is 0 Å². The number of likely N-dealkylation sites (tertiary alicyclic amines) is 2. The van der Waals surface area contributed by atoms with Crippen molar-refractivity contribution in [1.29, 1.82) is 0 Å². The molecule has 0 radical (unpaired) electrons. The van der Waals surface area contributed by atoms with Gasteiger partial charge in [0.25, 0.3) is 0 Å². The number of urea groups is 1. The van der Waals surface area contributed by atoms with Crippen molar-refractivity contribution < 1.29 is 24.0 Å². The van der Waals surface area contributed by atoms with Crippen molar-refractivity contribution in [3.63, 3.8) is 0 Å². The Labute approximate surface area is 275 Å². The van der Waals surface area contributed by atoms with Crippen LogP contribution in [-0.2, 0) is 17.9 Å². The number of anilines is 1. The molecule has 6 rings (SSSR count). The molecule has 10 nitrogen and oxygen atoms in total. The molecule has 2 aromatic carbocycles. The number of amides is 3. The van der Waals surface area contributed by atoms with Crippen LogP contribution in [0.4, 0.5) is 15.3 Å². The topological polar surface area (TPSA) is 96.4 Å². The Hall–Kier alpha value is -2.73. The van der Waals surface area contributed by atoms with E-state index in [-0.39, 0.29) is 36.1 Å². The summed E-state index contributed by atoms with van der Waals surface area (Å²) in [5.41, 5.74) is 1.51. The smallest absolute Gasteiger partial charge is 0.435 e. The molecule has 4 aliphatic rings. The van der Waals surface area contributed by atoms with Crippen LogP contribution in [0.15, 0.2) is 42.5 Å². The zero-order valence-corrected chi connectivity index (χ0v) is 27.3. The number of fused-ring (bicyclic) bond motifs is 1. The molecule has 3 fully saturated rings. The van der Waals surface area contributed by atoms with Crippen LogP contribution in [-0.4, -0.2) is 118 Å². The third-order valence-electron chi connectivity index (χ3n) is 10.8. The highest BCUT2D eigenvalue weighted by Crippen LogP contribution is 2.46. The van der Waals surface area contributed by atoms with Gasteiger partial charge < -0.3 is 25.0 Å². The first-order chi connectivity index (χ1) is 21.7. The van der Waals surface area contributed by atoms with Gasteiger partial charge in [-0.1, -0.05) is 47.5 Å². The van der Waals surface area contributed by atoms with E-state index in [0.29, 0.717) is 48.6 Å². The monoisotopic (exact) mass is 657 g/mol. The summed E-state index contributed by atoms with van der Waals surface area (Å²) in [7, 11) is 2.15. The molecule has 242 valence electrons. The van der Waals surface area contributed by atoms with Gasteiger partial charge in [-0.05, 0) is 43.7 Å². The molecule has 45 heavy (non-hydrogen) atoms. The zero-order chi connectivity index (χ0) is 31.8. The molecular weight excluding hydrogens is 615 g/mol. The molecule has 0 aliphatic carbocycles. The summed E-state index contributed by atoms with van der Waals surface area (Å²) in [6, 6.07) is 13.0. The average Bonchev–Trinajstić information content (AvgIpc) is 3.04. The van der Waals surface area contributed by atoms with Gasteiger partial charge in [0, 0.05) is 82.0 Å². The van der Waals surface area contributed by atoms with E-state index in [4.69, 9.17) is 23.2 Å². The number of halogens is 2. The lowest BCUT2D eigenvalue weighted by Crippen LogP contribution is -2.78. The predicted octanol–water partition coefficient (Wildman–Crippen LogP) is 5.20. The number of nitrogens with one attached hydrogen (secondary N) is 1. The Morgan fingerprint density at radius 2 is 1.76 bits per heavy atom. The van der Waals surface area contributed by atoms with E-state index in [1.54, 1.807) is 12.1 Å². The molecule has 0 bridgehead atoms. The summed E-state index contributed by atoms with van der Waals surface area (Å²) in [5.74, 6) is 0. The number of piperazine rings is 1. The van der Waals surface area contributed by atoms with Crippen LogP contribution in [0.25, 0.3) is 0 Å². The molecule has 12 heteroatoms. The number of carboxylic acid groups (broad SMARTS) is 1.